The normalized spacial score (nSPS) is 26.7. The van der Waals surface area contributed by atoms with E-state index >= 15 is 0 Å². The van der Waals surface area contributed by atoms with Crippen molar-refractivity contribution in [2.45, 2.75) is 56.7 Å². The zero-order valence-electron chi connectivity index (χ0n) is 17.0. The molecule has 1 aromatic heterocycles. The Morgan fingerprint density at radius 3 is 2.58 bits per heavy atom. The van der Waals surface area contributed by atoms with Crippen molar-refractivity contribution in [3.8, 4) is 0 Å². The van der Waals surface area contributed by atoms with Gasteiger partial charge in [-0.15, -0.1) is 11.3 Å². The standard InChI is InChI=1S/C18H26N2O3S.C2HF3O2/c21-18(19-11-13-4-7-22-8-5-13)17-10-15-16(23-17)3-6-20(15)12-14-2-1-9-24-14;3-2(4,5)1(6)7/h1-2,9,13,15-17H,3-8,10-12H2,(H,19,21);(H,6,7)/t15-,16-,17+;/m1./s1. The highest BCUT2D eigenvalue weighted by atomic mass is 32.1. The Balaban J connectivity index is 0.000000339. The Labute approximate surface area is 182 Å². The fourth-order valence-electron chi connectivity index (χ4n) is 4.11. The molecule has 3 saturated heterocycles. The first-order chi connectivity index (χ1) is 14.7. The number of hydrogen-bond acceptors (Lipinski definition) is 6. The third kappa shape index (κ3) is 6.90. The Bertz CT molecular complexity index is 725. The van der Waals surface area contributed by atoms with Crippen LogP contribution in [0.15, 0.2) is 17.5 Å². The van der Waals surface area contributed by atoms with Gasteiger partial charge >= 0.3 is 12.1 Å². The number of alkyl halides is 3. The third-order valence-corrected chi connectivity index (χ3v) is 6.63. The summed E-state index contributed by atoms with van der Waals surface area (Å²) >= 11 is 1.80. The average molecular weight is 465 g/mol. The number of amides is 1. The largest absolute Gasteiger partial charge is 0.490 e. The van der Waals surface area contributed by atoms with Crippen molar-refractivity contribution in [1.29, 1.82) is 0 Å². The SMILES string of the molecule is O=C(NCC1CCOCC1)[C@@H]1C[C@@H]2[C@@H](CCN2Cc2cccs2)O1.O=C(O)C(F)(F)F. The summed E-state index contributed by atoms with van der Waals surface area (Å²) in [5.74, 6) is -2.13. The number of nitrogens with one attached hydrogen (secondary N) is 1. The number of thiophene rings is 1. The van der Waals surface area contributed by atoms with Crippen molar-refractivity contribution in [1.82, 2.24) is 10.2 Å². The van der Waals surface area contributed by atoms with E-state index in [2.05, 4.69) is 27.7 Å². The van der Waals surface area contributed by atoms with Crippen LogP contribution in [0.3, 0.4) is 0 Å². The molecule has 0 unspecified atom stereocenters. The second-order valence-corrected chi connectivity index (χ2v) is 8.94. The van der Waals surface area contributed by atoms with Gasteiger partial charge in [0.15, 0.2) is 0 Å². The zero-order valence-corrected chi connectivity index (χ0v) is 17.8. The molecule has 1 amide bonds. The van der Waals surface area contributed by atoms with Crippen LogP contribution in [0.2, 0.25) is 0 Å². The summed E-state index contributed by atoms with van der Waals surface area (Å²) in [4.78, 5) is 25.2. The maximum atomic E-state index is 12.5. The smallest absolute Gasteiger partial charge is 0.475 e. The number of fused-ring (bicyclic) bond motifs is 1. The first-order valence-electron chi connectivity index (χ1n) is 10.3. The molecule has 3 aliphatic heterocycles. The van der Waals surface area contributed by atoms with Gasteiger partial charge in [-0.25, -0.2) is 4.79 Å². The van der Waals surface area contributed by atoms with Gasteiger partial charge in [0, 0.05) is 50.2 Å². The summed E-state index contributed by atoms with van der Waals surface area (Å²) < 4.78 is 43.2. The second kappa shape index (κ2) is 10.8. The molecule has 0 aliphatic carbocycles. The minimum Gasteiger partial charge on any atom is -0.475 e. The summed E-state index contributed by atoms with van der Waals surface area (Å²) in [6.45, 7) is 4.46. The molecule has 0 saturated carbocycles. The van der Waals surface area contributed by atoms with Gasteiger partial charge in [0.2, 0.25) is 5.91 Å². The number of carboxylic acids is 1. The molecule has 31 heavy (non-hydrogen) atoms. The van der Waals surface area contributed by atoms with E-state index in [1.807, 2.05) is 0 Å². The van der Waals surface area contributed by atoms with E-state index in [4.69, 9.17) is 19.4 Å². The van der Waals surface area contributed by atoms with Crippen LogP contribution in [0, 0.1) is 5.92 Å². The number of rotatable bonds is 5. The van der Waals surface area contributed by atoms with E-state index in [9.17, 15) is 18.0 Å². The van der Waals surface area contributed by atoms with Crippen molar-refractivity contribution < 1.29 is 37.3 Å². The summed E-state index contributed by atoms with van der Waals surface area (Å²) in [7, 11) is 0. The number of carbonyl (C=O) groups is 2. The molecule has 2 N–H and O–H groups in total. The monoisotopic (exact) mass is 464 g/mol. The number of nitrogens with zero attached hydrogens (tertiary/aromatic N) is 1. The molecule has 7 nitrogen and oxygen atoms in total. The predicted octanol–water partition coefficient (Wildman–Crippen LogP) is 2.66. The van der Waals surface area contributed by atoms with Crippen LogP contribution in [0.1, 0.15) is 30.6 Å². The zero-order chi connectivity index (χ0) is 22.4. The summed E-state index contributed by atoms with van der Waals surface area (Å²) in [5.41, 5.74) is 0. The molecule has 1 aromatic rings. The quantitative estimate of drug-likeness (QED) is 0.697. The maximum absolute atomic E-state index is 12.5. The molecule has 4 rings (SSSR count). The number of aliphatic carboxylic acids is 1. The van der Waals surface area contributed by atoms with Crippen LogP contribution in [-0.2, 0) is 25.6 Å². The number of carbonyl (C=O) groups excluding carboxylic acids is 1. The number of carboxylic acid groups (broad SMARTS) is 1. The van der Waals surface area contributed by atoms with Gasteiger partial charge in [0.25, 0.3) is 0 Å². The highest BCUT2D eigenvalue weighted by Crippen LogP contribution is 2.34. The first-order valence-corrected chi connectivity index (χ1v) is 11.2. The molecule has 3 fully saturated rings. The molecule has 0 aromatic carbocycles. The number of hydrogen-bond donors (Lipinski definition) is 2. The fraction of sp³-hybridized carbons (Fsp3) is 0.700. The lowest BCUT2D eigenvalue weighted by Gasteiger charge is -2.23. The Hall–Kier alpha value is -1.69. The topological polar surface area (TPSA) is 88.1 Å². The Morgan fingerprint density at radius 1 is 1.26 bits per heavy atom. The van der Waals surface area contributed by atoms with E-state index < -0.39 is 12.1 Å². The van der Waals surface area contributed by atoms with Gasteiger partial charge < -0.3 is 19.9 Å². The second-order valence-electron chi connectivity index (χ2n) is 7.91. The lowest BCUT2D eigenvalue weighted by Crippen LogP contribution is -2.39. The van der Waals surface area contributed by atoms with Crippen molar-refractivity contribution >= 4 is 23.2 Å². The molecule has 4 heterocycles. The van der Waals surface area contributed by atoms with Crippen LogP contribution in [0.4, 0.5) is 13.2 Å². The Morgan fingerprint density at radius 2 is 1.97 bits per heavy atom. The van der Waals surface area contributed by atoms with E-state index in [0.29, 0.717) is 12.0 Å². The predicted molar refractivity (Wildman–Crippen MR) is 107 cm³/mol. The lowest BCUT2D eigenvalue weighted by molar-refractivity contribution is -0.192. The number of ether oxygens (including phenoxy) is 2. The molecular formula is C20H27F3N2O5S. The lowest BCUT2D eigenvalue weighted by atomic mass is 10.0. The maximum Gasteiger partial charge on any atom is 0.490 e. The van der Waals surface area contributed by atoms with Gasteiger partial charge in [-0.3, -0.25) is 9.69 Å². The molecule has 0 radical (unpaired) electrons. The summed E-state index contributed by atoms with van der Waals surface area (Å²) in [6.07, 6.45) is -1.16. The van der Waals surface area contributed by atoms with E-state index in [1.165, 1.54) is 4.88 Å². The van der Waals surface area contributed by atoms with Gasteiger partial charge in [0.05, 0.1) is 6.10 Å². The molecule has 0 spiro atoms. The van der Waals surface area contributed by atoms with Crippen molar-refractivity contribution in [3.05, 3.63) is 22.4 Å². The average Bonchev–Trinajstić information content (AvgIpc) is 3.46. The van der Waals surface area contributed by atoms with Crippen LogP contribution in [0.25, 0.3) is 0 Å². The minimum atomic E-state index is -5.08. The highest BCUT2D eigenvalue weighted by molar-refractivity contribution is 7.09. The highest BCUT2D eigenvalue weighted by Gasteiger charge is 2.45. The van der Waals surface area contributed by atoms with E-state index in [-0.39, 0.29) is 18.1 Å². The van der Waals surface area contributed by atoms with Crippen molar-refractivity contribution in [2.24, 2.45) is 5.92 Å². The number of likely N-dealkylation sites (tertiary alicyclic amines) is 1. The molecule has 3 aliphatic rings. The van der Waals surface area contributed by atoms with E-state index in [0.717, 1.165) is 58.5 Å². The van der Waals surface area contributed by atoms with Crippen LogP contribution >= 0.6 is 11.3 Å². The first kappa shape index (κ1) is 24.0. The molecule has 3 atom stereocenters. The molecule has 174 valence electrons. The summed E-state index contributed by atoms with van der Waals surface area (Å²) in [5, 5.41) is 12.4. The van der Waals surface area contributed by atoms with Crippen molar-refractivity contribution in [3.63, 3.8) is 0 Å². The van der Waals surface area contributed by atoms with Crippen LogP contribution < -0.4 is 5.32 Å². The van der Waals surface area contributed by atoms with Gasteiger partial charge in [-0.2, -0.15) is 13.2 Å². The van der Waals surface area contributed by atoms with Crippen molar-refractivity contribution in [2.75, 3.05) is 26.3 Å². The number of halogens is 3. The van der Waals surface area contributed by atoms with Gasteiger partial charge in [-0.1, -0.05) is 6.07 Å². The third-order valence-electron chi connectivity index (χ3n) is 5.77. The minimum absolute atomic E-state index is 0.0759. The Kier molecular flexibility index (Phi) is 8.31. The van der Waals surface area contributed by atoms with Gasteiger partial charge in [-0.05, 0) is 36.6 Å². The van der Waals surface area contributed by atoms with Crippen LogP contribution in [-0.4, -0.2) is 72.6 Å². The molecular weight excluding hydrogens is 437 g/mol. The molecule has 11 heteroatoms. The molecule has 0 bridgehead atoms. The summed E-state index contributed by atoms with van der Waals surface area (Å²) in [6, 6.07) is 4.68. The van der Waals surface area contributed by atoms with E-state index in [1.54, 1.807) is 11.3 Å². The van der Waals surface area contributed by atoms with Gasteiger partial charge in [0.1, 0.15) is 6.10 Å². The fourth-order valence-corrected chi connectivity index (χ4v) is 4.84. The van der Waals surface area contributed by atoms with Crippen LogP contribution in [0.5, 0.6) is 0 Å².